The highest BCUT2D eigenvalue weighted by molar-refractivity contribution is 7.13. The van der Waals surface area contributed by atoms with Crippen molar-refractivity contribution < 1.29 is 9.21 Å². The summed E-state index contributed by atoms with van der Waals surface area (Å²) in [6.45, 7) is 4.52. The molecule has 21 heavy (non-hydrogen) atoms. The normalized spacial score (nSPS) is 20.6. The van der Waals surface area contributed by atoms with Gasteiger partial charge in [-0.05, 0) is 36.8 Å². The molecule has 0 aromatic carbocycles. The third-order valence-electron chi connectivity index (χ3n) is 3.96. The van der Waals surface area contributed by atoms with Gasteiger partial charge in [-0.15, -0.1) is 11.3 Å². The van der Waals surface area contributed by atoms with Gasteiger partial charge in [-0.25, -0.2) is 4.98 Å². The lowest BCUT2D eigenvalue weighted by molar-refractivity contribution is -0.121. The minimum Gasteiger partial charge on any atom is -0.462 e. The van der Waals surface area contributed by atoms with E-state index in [1.54, 1.807) is 6.26 Å². The van der Waals surface area contributed by atoms with Crippen LogP contribution in [0.2, 0.25) is 0 Å². The van der Waals surface area contributed by atoms with Gasteiger partial charge in [0.2, 0.25) is 5.91 Å². The molecule has 5 heteroatoms. The molecule has 0 saturated heterocycles. The lowest BCUT2D eigenvalue weighted by Crippen LogP contribution is -2.34. The van der Waals surface area contributed by atoms with Crippen LogP contribution in [0.15, 0.2) is 28.2 Å². The Morgan fingerprint density at radius 2 is 2.43 bits per heavy atom. The van der Waals surface area contributed by atoms with Crippen molar-refractivity contribution in [2.45, 2.75) is 45.6 Å². The third kappa shape index (κ3) is 3.53. The molecule has 1 saturated carbocycles. The van der Waals surface area contributed by atoms with Crippen molar-refractivity contribution in [3.63, 3.8) is 0 Å². The van der Waals surface area contributed by atoms with E-state index >= 15 is 0 Å². The van der Waals surface area contributed by atoms with Crippen molar-refractivity contribution in [1.82, 2.24) is 10.3 Å². The fourth-order valence-electron chi connectivity index (χ4n) is 2.90. The summed E-state index contributed by atoms with van der Waals surface area (Å²) in [6.07, 6.45) is 5.29. The molecule has 2 aromatic rings. The maximum Gasteiger partial charge on any atom is 0.226 e. The Morgan fingerprint density at radius 1 is 1.57 bits per heavy atom. The lowest BCUT2D eigenvalue weighted by atomic mass is 9.92. The van der Waals surface area contributed by atoms with Crippen molar-refractivity contribution in [2.24, 2.45) is 5.41 Å². The molecule has 3 rings (SSSR count). The van der Waals surface area contributed by atoms with Crippen molar-refractivity contribution in [3.8, 4) is 10.8 Å². The fraction of sp³-hybridized carbons (Fsp3) is 0.500. The highest BCUT2D eigenvalue weighted by atomic mass is 32.1. The quantitative estimate of drug-likeness (QED) is 0.938. The summed E-state index contributed by atoms with van der Waals surface area (Å²) in [5, 5.41) is 5.88. The second kappa shape index (κ2) is 5.64. The van der Waals surface area contributed by atoms with Gasteiger partial charge in [0.05, 0.1) is 18.4 Å². The number of amides is 1. The van der Waals surface area contributed by atoms with Gasteiger partial charge in [-0.1, -0.05) is 13.8 Å². The zero-order chi connectivity index (χ0) is 14.9. The molecule has 0 spiro atoms. The van der Waals surface area contributed by atoms with Crippen molar-refractivity contribution in [2.75, 3.05) is 0 Å². The largest absolute Gasteiger partial charge is 0.462 e. The van der Waals surface area contributed by atoms with E-state index in [4.69, 9.17) is 4.42 Å². The van der Waals surface area contributed by atoms with Crippen LogP contribution in [0.5, 0.6) is 0 Å². The number of nitrogens with one attached hydrogen (secondary N) is 1. The summed E-state index contributed by atoms with van der Waals surface area (Å²) in [4.78, 5) is 16.6. The molecule has 2 aromatic heterocycles. The second-order valence-electron chi connectivity index (χ2n) is 6.47. The predicted molar refractivity (Wildman–Crippen MR) is 83.1 cm³/mol. The standard InChI is InChI=1S/C16H20N2O2S/c1-16(2)6-5-11(9-16)17-14(19)8-12-10-21-15(18-12)13-4-3-7-20-13/h3-4,7,10-11H,5-6,8-9H2,1-2H3,(H,17,19). The lowest BCUT2D eigenvalue weighted by Gasteiger charge is -2.17. The van der Waals surface area contributed by atoms with E-state index < -0.39 is 0 Å². The van der Waals surface area contributed by atoms with Crippen LogP contribution in [0.1, 0.15) is 38.8 Å². The van der Waals surface area contributed by atoms with Crippen molar-refractivity contribution in [3.05, 3.63) is 29.5 Å². The highest BCUT2D eigenvalue weighted by Crippen LogP contribution is 2.36. The van der Waals surface area contributed by atoms with Crippen LogP contribution < -0.4 is 5.32 Å². The Kier molecular flexibility index (Phi) is 3.85. The number of aromatic nitrogens is 1. The fourth-order valence-corrected chi connectivity index (χ4v) is 3.69. The molecular weight excluding hydrogens is 284 g/mol. The van der Waals surface area contributed by atoms with E-state index in [0.29, 0.717) is 17.9 Å². The number of hydrogen-bond acceptors (Lipinski definition) is 4. The van der Waals surface area contributed by atoms with E-state index in [1.807, 2.05) is 17.5 Å². The Balaban J connectivity index is 1.56. The Morgan fingerprint density at radius 3 is 3.10 bits per heavy atom. The van der Waals surface area contributed by atoms with E-state index in [1.165, 1.54) is 17.8 Å². The first kappa shape index (κ1) is 14.3. The SMILES string of the molecule is CC1(C)CCC(NC(=O)Cc2csc(-c3ccco3)n2)C1. The van der Waals surface area contributed by atoms with Gasteiger partial charge >= 0.3 is 0 Å². The molecule has 1 N–H and O–H groups in total. The van der Waals surface area contributed by atoms with E-state index in [-0.39, 0.29) is 5.91 Å². The third-order valence-corrected chi connectivity index (χ3v) is 4.86. The first-order chi connectivity index (χ1) is 10.0. The number of furan rings is 1. The number of hydrogen-bond donors (Lipinski definition) is 1. The zero-order valence-electron chi connectivity index (χ0n) is 12.4. The average Bonchev–Trinajstić information content (AvgIpc) is 3.09. The molecule has 112 valence electrons. The number of carbonyl (C=O) groups is 1. The predicted octanol–water partition coefficient (Wildman–Crippen LogP) is 3.64. The van der Waals surface area contributed by atoms with Crippen LogP contribution in [0.3, 0.4) is 0 Å². The molecule has 4 nitrogen and oxygen atoms in total. The maximum absolute atomic E-state index is 12.1. The molecule has 0 bridgehead atoms. The Hall–Kier alpha value is -1.62. The topological polar surface area (TPSA) is 55.1 Å². The average molecular weight is 304 g/mol. The highest BCUT2D eigenvalue weighted by Gasteiger charge is 2.31. The first-order valence-corrected chi connectivity index (χ1v) is 8.17. The summed E-state index contributed by atoms with van der Waals surface area (Å²) < 4.78 is 5.32. The number of nitrogens with zero attached hydrogens (tertiary/aromatic N) is 1. The van der Waals surface area contributed by atoms with Crippen molar-refractivity contribution >= 4 is 17.2 Å². The Labute approximate surface area is 128 Å². The summed E-state index contributed by atoms with van der Waals surface area (Å²) in [5.41, 5.74) is 1.16. The zero-order valence-corrected chi connectivity index (χ0v) is 13.2. The molecule has 0 aliphatic heterocycles. The van der Waals surface area contributed by atoms with Gasteiger partial charge in [-0.2, -0.15) is 0 Å². The molecule has 1 amide bonds. The van der Waals surface area contributed by atoms with Gasteiger partial charge < -0.3 is 9.73 Å². The van der Waals surface area contributed by atoms with Gasteiger partial charge in [0, 0.05) is 11.4 Å². The van der Waals surface area contributed by atoms with Gasteiger partial charge in [0.1, 0.15) is 0 Å². The number of carbonyl (C=O) groups excluding carboxylic acids is 1. The van der Waals surface area contributed by atoms with E-state index in [9.17, 15) is 4.79 Å². The van der Waals surface area contributed by atoms with Crippen LogP contribution >= 0.6 is 11.3 Å². The number of thiazole rings is 1. The second-order valence-corrected chi connectivity index (χ2v) is 7.33. The maximum atomic E-state index is 12.1. The molecule has 1 unspecified atom stereocenters. The van der Waals surface area contributed by atoms with E-state index in [0.717, 1.165) is 29.3 Å². The van der Waals surface area contributed by atoms with Crippen molar-refractivity contribution in [1.29, 1.82) is 0 Å². The molecule has 1 aliphatic carbocycles. The smallest absolute Gasteiger partial charge is 0.226 e. The van der Waals surface area contributed by atoms with Crippen LogP contribution in [0.25, 0.3) is 10.8 Å². The van der Waals surface area contributed by atoms with Crippen LogP contribution in [-0.2, 0) is 11.2 Å². The van der Waals surface area contributed by atoms with Crippen LogP contribution in [0.4, 0.5) is 0 Å². The summed E-state index contributed by atoms with van der Waals surface area (Å²) in [6, 6.07) is 4.03. The molecule has 2 heterocycles. The monoisotopic (exact) mass is 304 g/mol. The Bertz CT molecular complexity index is 616. The first-order valence-electron chi connectivity index (χ1n) is 7.29. The van der Waals surface area contributed by atoms with Crippen LogP contribution in [-0.4, -0.2) is 16.9 Å². The van der Waals surface area contributed by atoms with Gasteiger partial charge in [-0.3, -0.25) is 4.79 Å². The minimum absolute atomic E-state index is 0.0639. The van der Waals surface area contributed by atoms with E-state index in [2.05, 4.69) is 24.1 Å². The summed E-state index contributed by atoms with van der Waals surface area (Å²) in [5.74, 6) is 0.818. The molecule has 1 atom stereocenters. The molecule has 1 aliphatic rings. The minimum atomic E-state index is 0.0639. The summed E-state index contributed by atoms with van der Waals surface area (Å²) >= 11 is 1.51. The van der Waals surface area contributed by atoms with Gasteiger partial charge in [0.25, 0.3) is 0 Å². The molecule has 0 radical (unpaired) electrons. The number of rotatable bonds is 4. The molecule has 1 fully saturated rings. The van der Waals surface area contributed by atoms with Crippen LogP contribution in [0, 0.1) is 5.41 Å². The molecular formula is C16H20N2O2S. The summed E-state index contributed by atoms with van der Waals surface area (Å²) in [7, 11) is 0. The van der Waals surface area contributed by atoms with Gasteiger partial charge in [0.15, 0.2) is 10.8 Å².